The van der Waals surface area contributed by atoms with Gasteiger partial charge in [0.15, 0.2) is 5.96 Å². The summed E-state index contributed by atoms with van der Waals surface area (Å²) in [5, 5.41) is 11.8. The maximum Gasteiger partial charge on any atom is 0.188 e. The number of aliphatic imine (C=N–C) groups is 1. The van der Waals surface area contributed by atoms with Gasteiger partial charge in [0.1, 0.15) is 0 Å². The average molecular weight is 222 g/mol. The number of rotatable bonds is 5. The van der Waals surface area contributed by atoms with E-state index in [0.717, 1.165) is 12.5 Å². The summed E-state index contributed by atoms with van der Waals surface area (Å²) < 4.78 is 0. The lowest BCUT2D eigenvalue weighted by atomic mass is 9.85. The first-order valence-electron chi connectivity index (χ1n) is 5.94. The third-order valence-corrected chi connectivity index (χ3v) is 3.03. The lowest BCUT2D eigenvalue weighted by molar-refractivity contribution is 0.315. The number of nitriles is 1. The molecule has 1 rings (SSSR count). The van der Waals surface area contributed by atoms with E-state index >= 15 is 0 Å². The highest BCUT2D eigenvalue weighted by molar-refractivity contribution is 5.77. The second kappa shape index (κ2) is 5.74. The molecule has 0 heterocycles. The summed E-state index contributed by atoms with van der Waals surface area (Å²) in [5.41, 5.74) is 5.67. The number of nitrogens with zero attached hydrogens (tertiary/aromatic N) is 2. The van der Waals surface area contributed by atoms with Gasteiger partial charge >= 0.3 is 0 Å². The molecular formula is C12H22N4. The summed E-state index contributed by atoms with van der Waals surface area (Å²) in [5.74, 6) is 1.29. The van der Waals surface area contributed by atoms with E-state index in [9.17, 15) is 0 Å². The summed E-state index contributed by atoms with van der Waals surface area (Å²) in [6, 6.07) is 2.17. The third-order valence-electron chi connectivity index (χ3n) is 3.03. The summed E-state index contributed by atoms with van der Waals surface area (Å²) in [6.07, 6.45) is 4.46. The molecule has 0 atom stereocenters. The normalized spacial score (nSPS) is 17.7. The topological polar surface area (TPSA) is 74.2 Å². The SMILES string of the molecule is CC(C)(CC#N)CN=C(N)NCC1CCC1. The van der Waals surface area contributed by atoms with Crippen molar-refractivity contribution in [1.29, 1.82) is 5.26 Å². The smallest absolute Gasteiger partial charge is 0.188 e. The van der Waals surface area contributed by atoms with Gasteiger partial charge in [0, 0.05) is 19.5 Å². The lowest BCUT2D eigenvalue weighted by Gasteiger charge is -2.25. The maximum atomic E-state index is 8.64. The number of hydrogen-bond acceptors (Lipinski definition) is 2. The molecule has 1 fully saturated rings. The van der Waals surface area contributed by atoms with Gasteiger partial charge in [-0.1, -0.05) is 20.3 Å². The molecule has 0 aromatic heterocycles. The molecule has 16 heavy (non-hydrogen) atoms. The van der Waals surface area contributed by atoms with Crippen LogP contribution >= 0.6 is 0 Å². The largest absolute Gasteiger partial charge is 0.370 e. The Bertz CT molecular complexity index is 284. The van der Waals surface area contributed by atoms with E-state index in [1.807, 2.05) is 13.8 Å². The van der Waals surface area contributed by atoms with Crippen LogP contribution in [0.4, 0.5) is 0 Å². The first-order valence-corrected chi connectivity index (χ1v) is 5.94. The van der Waals surface area contributed by atoms with Crippen molar-refractivity contribution in [3.05, 3.63) is 0 Å². The van der Waals surface area contributed by atoms with Crippen LogP contribution in [-0.2, 0) is 0 Å². The first-order chi connectivity index (χ1) is 7.53. The molecule has 0 amide bonds. The predicted octanol–water partition coefficient (Wildman–Crippen LogP) is 1.63. The molecule has 3 N–H and O–H groups in total. The zero-order valence-corrected chi connectivity index (χ0v) is 10.3. The Morgan fingerprint density at radius 2 is 2.25 bits per heavy atom. The van der Waals surface area contributed by atoms with Gasteiger partial charge in [-0.15, -0.1) is 0 Å². The monoisotopic (exact) mass is 222 g/mol. The summed E-state index contributed by atoms with van der Waals surface area (Å²) >= 11 is 0. The van der Waals surface area contributed by atoms with Crippen molar-refractivity contribution in [2.24, 2.45) is 22.1 Å². The van der Waals surface area contributed by atoms with Crippen LogP contribution in [0.1, 0.15) is 39.5 Å². The summed E-state index contributed by atoms with van der Waals surface area (Å²) in [6.45, 7) is 5.59. The van der Waals surface area contributed by atoms with Crippen LogP contribution in [0.2, 0.25) is 0 Å². The van der Waals surface area contributed by atoms with Gasteiger partial charge in [-0.2, -0.15) is 5.26 Å². The summed E-state index contributed by atoms with van der Waals surface area (Å²) in [7, 11) is 0. The van der Waals surface area contributed by atoms with E-state index in [-0.39, 0.29) is 5.41 Å². The number of guanidine groups is 1. The van der Waals surface area contributed by atoms with Crippen LogP contribution in [0, 0.1) is 22.7 Å². The Hall–Kier alpha value is -1.24. The minimum atomic E-state index is -0.0858. The molecule has 0 unspecified atom stereocenters. The molecule has 0 aliphatic heterocycles. The number of nitrogens with one attached hydrogen (secondary N) is 1. The van der Waals surface area contributed by atoms with Crippen LogP contribution in [0.3, 0.4) is 0 Å². The van der Waals surface area contributed by atoms with Crippen LogP contribution < -0.4 is 11.1 Å². The van der Waals surface area contributed by atoms with Crippen molar-refractivity contribution in [2.75, 3.05) is 13.1 Å². The van der Waals surface area contributed by atoms with Crippen molar-refractivity contribution >= 4 is 5.96 Å². The van der Waals surface area contributed by atoms with Gasteiger partial charge in [0.2, 0.25) is 0 Å². The molecule has 0 spiro atoms. The van der Waals surface area contributed by atoms with Crippen molar-refractivity contribution < 1.29 is 0 Å². The quantitative estimate of drug-likeness (QED) is 0.548. The maximum absolute atomic E-state index is 8.64. The number of nitrogens with two attached hydrogens (primary N) is 1. The third kappa shape index (κ3) is 4.52. The Labute approximate surface area is 97.9 Å². The fourth-order valence-corrected chi connectivity index (χ4v) is 1.57. The molecule has 0 saturated heterocycles. The molecule has 1 saturated carbocycles. The molecular weight excluding hydrogens is 200 g/mol. The Balaban J connectivity index is 2.24. The predicted molar refractivity (Wildman–Crippen MR) is 65.8 cm³/mol. The van der Waals surface area contributed by atoms with Crippen molar-refractivity contribution in [3.63, 3.8) is 0 Å². The van der Waals surface area contributed by atoms with Crippen molar-refractivity contribution in [1.82, 2.24) is 5.32 Å². The van der Waals surface area contributed by atoms with E-state index < -0.39 is 0 Å². The Morgan fingerprint density at radius 3 is 2.75 bits per heavy atom. The Morgan fingerprint density at radius 1 is 1.56 bits per heavy atom. The highest BCUT2D eigenvalue weighted by atomic mass is 15.1. The number of hydrogen-bond donors (Lipinski definition) is 2. The molecule has 0 aromatic carbocycles. The minimum absolute atomic E-state index is 0.0858. The fourth-order valence-electron chi connectivity index (χ4n) is 1.57. The lowest BCUT2D eigenvalue weighted by Crippen LogP contribution is -2.38. The molecule has 1 aliphatic carbocycles. The van der Waals surface area contributed by atoms with Gasteiger partial charge in [0.05, 0.1) is 6.07 Å². The molecule has 1 aliphatic rings. The van der Waals surface area contributed by atoms with E-state index in [1.54, 1.807) is 0 Å². The standard InChI is InChI=1S/C12H22N4/c1-12(2,6-7-13)9-16-11(14)15-8-10-4-3-5-10/h10H,3-6,8-9H2,1-2H3,(H3,14,15,16). The van der Waals surface area contributed by atoms with E-state index in [1.165, 1.54) is 19.3 Å². The van der Waals surface area contributed by atoms with Crippen molar-refractivity contribution in [2.45, 2.75) is 39.5 Å². The zero-order valence-electron chi connectivity index (χ0n) is 10.3. The van der Waals surface area contributed by atoms with E-state index in [2.05, 4.69) is 16.4 Å². The van der Waals surface area contributed by atoms with Crippen LogP contribution in [0.5, 0.6) is 0 Å². The highest BCUT2D eigenvalue weighted by Crippen LogP contribution is 2.25. The average Bonchev–Trinajstić information content (AvgIpc) is 2.12. The molecule has 0 aromatic rings. The highest BCUT2D eigenvalue weighted by Gasteiger charge is 2.18. The molecule has 90 valence electrons. The van der Waals surface area contributed by atoms with Gasteiger partial charge in [-0.3, -0.25) is 4.99 Å². The van der Waals surface area contributed by atoms with Gasteiger partial charge in [0.25, 0.3) is 0 Å². The second-order valence-electron chi connectivity index (χ2n) is 5.38. The molecule has 0 bridgehead atoms. The van der Waals surface area contributed by atoms with Crippen LogP contribution in [0.25, 0.3) is 0 Å². The van der Waals surface area contributed by atoms with Crippen molar-refractivity contribution in [3.8, 4) is 6.07 Å². The first kappa shape index (κ1) is 12.8. The molecule has 4 heteroatoms. The van der Waals surface area contributed by atoms with E-state index in [4.69, 9.17) is 11.0 Å². The van der Waals surface area contributed by atoms with Crippen LogP contribution in [-0.4, -0.2) is 19.0 Å². The van der Waals surface area contributed by atoms with Crippen LogP contribution in [0.15, 0.2) is 4.99 Å². The fraction of sp³-hybridized carbons (Fsp3) is 0.833. The minimum Gasteiger partial charge on any atom is -0.370 e. The Kier molecular flexibility index (Phi) is 4.60. The van der Waals surface area contributed by atoms with E-state index in [0.29, 0.717) is 18.9 Å². The molecule has 0 radical (unpaired) electrons. The second-order valence-corrected chi connectivity index (χ2v) is 5.38. The van der Waals surface area contributed by atoms with Gasteiger partial charge < -0.3 is 11.1 Å². The molecule has 4 nitrogen and oxygen atoms in total. The summed E-state index contributed by atoms with van der Waals surface area (Å²) in [4.78, 5) is 4.28. The zero-order chi connectivity index (χ0) is 12.0. The van der Waals surface area contributed by atoms with Gasteiger partial charge in [-0.25, -0.2) is 0 Å². The van der Waals surface area contributed by atoms with Gasteiger partial charge in [-0.05, 0) is 24.2 Å².